The highest BCUT2D eigenvalue weighted by molar-refractivity contribution is 6.08. The normalized spacial score (nSPS) is 18.4. The molecule has 1 saturated heterocycles. The van der Waals surface area contributed by atoms with Gasteiger partial charge in [0.2, 0.25) is 5.91 Å². The molecule has 5 heteroatoms. The zero-order valence-electron chi connectivity index (χ0n) is 13.9. The molecule has 1 heterocycles. The van der Waals surface area contributed by atoms with Crippen molar-refractivity contribution >= 4 is 17.7 Å². The summed E-state index contributed by atoms with van der Waals surface area (Å²) in [4.78, 5) is 37.4. The molecule has 1 fully saturated rings. The molecule has 2 unspecified atom stereocenters. The van der Waals surface area contributed by atoms with Crippen LogP contribution in [0.2, 0.25) is 0 Å². The molecular weight excluding hydrogens is 318 g/mol. The summed E-state index contributed by atoms with van der Waals surface area (Å²) < 4.78 is 0. The minimum atomic E-state index is -1.02. The van der Waals surface area contributed by atoms with Crippen LogP contribution < -0.4 is 0 Å². The summed E-state index contributed by atoms with van der Waals surface area (Å²) >= 11 is 0. The molecule has 0 aromatic heterocycles. The van der Waals surface area contributed by atoms with Crippen LogP contribution in [0.1, 0.15) is 34.5 Å². The molecule has 0 radical (unpaired) electrons. The SMILES string of the molecule is CC1C(=O)CN(C(Cc2ccccc2)c2cccc(C(=O)O)c2)C1=O. The van der Waals surface area contributed by atoms with Crippen molar-refractivity contribution in [3.8, 4) is 0 Å². The zero-order valence-corrected chi connectivity index (χ0v) is 13.9. The highest BCUT2D eigenvalue weighted by atomic mass is 16.4. The van der Waals surface area contributed by atoms with Crippen LogP contribution in [0.25, 0.3) is 0 Å². The van der Waals surface area contributed by atoms with Crippen molar-refractivity contribution in [3.63, 3.8) is 0 Å². The predicted octanol–water partition coefficient (Wildman–Crippen LogP) is 2.72. The van der Waals surface area contributed by atoms with E-state index in [1.165, 1.54) is 6.07 Å². The number of ketones is 1. The Labute approximate surface area is 145 Å². The number of carboxylic acids is 1. The second kappa shape index (κ2) is 6.89. The summed E-state index contributed by atoms with van der Waals surface area (Å²) in [5, 5.41) is 9.25. The first kappa shape index (κ1) is 16.9. The maximum atomic E-state index is 12.5. The average molecular weight is 337 g/mol. The van der Waals surface area contributed by atoms with Crippen molar-refractivity contribution in [2.24, 2.45) is 5.92 Å². The van der Waals surface area contributed by atoms with E-state index in [-0.39, 0.29) is 29.8 Å². The van der Waals surface area contributed by atoms with Gasteiger partial charge in [0.05, 0.1) is 24.1 Å². The Bertz CT molecular complexity index is 815. The molecule has 0 spiro atoms. The van der Waals surface area contributed by atoms with Crippen LogP contribution in [-0.2, 0) is 16.0 Å². The van der Waals surface area contributed by atoms with Crippen LogP contribution in [0.3, 0.4) is 0 Å². The number of Topliss-reactive ketones (excluding diaryl/α,β-unsaturated/α-hetero) is 1. The van der Waals surface area contributed by atoms with Crippen LogP contribution in [0.15, 0.2) is 54.6 Å². The van der Waals surface area contributed by atoms with Gasteiger partial charge in [0.25, 0.3) is 0 Å². The lowest BCUT2D eigenvalue weighted by Gasteiger charge is -2.28. The lowest BCUT2D eigenvalue weighted by atomic mass is 9.96. The van der Waals surface area contributed by atoms with E-state index < -0.39 is 11.9 Å². The zero-order chi connectivity index (χ0) is 18.0. The van der Waals surface area contributed by atoms with Gasteiger partial charge in [0.1, 0.15) is 0 Å². The van der Waals surface area contributed by atoms with Crippen molar-refractivity contribution in [1.82, 2.24) is 4.90 Å². The predicted molar refractivity (Wildman–Crippen MR) is 92.2 cm³/mol. The minimum absolute atomic E-state index is 0.0643. The van der Waals surface area contributed by atoms with Gasteiger partial charge in [-0.25, -0.2) is 4.79 Å². The molecule has 128 valence electrons. The summed E-state index contributed by atoms with van der Waals surface area (Å²) in [6.07, 6.45) is 0.523. The summed E-state index contributed by atoms with van der Waals surface area (Å²) in [5.41, 5.74) is 1.91. The molecule has 25 heavy (non-hydrogen) atoms. The molecule has 3 rings (SSSR count). The Morgan fingerprint density at radius 3 is 2.48 bits per heavy atom. The summed E-state index contributed by atoms with van der Waals surface area (Å²) in [7, 11) is 0. The Morgan fingerprint density at radius 1 is 1.16 bits per heavy atom. The fourth-order valence-corrected chi connectivity index (χ4v) is 3.16. The van der Waals surface area contributed by atoms with E-state index in [0.29, 0.717) is 6.42 Å². The quantitative estimate of drug-likeness (QED) is 0.851. The number of benzene rings is 2. The number of hydrogen-bond acceptors (Lipinski definition) is 3. The number of carbonyl (C=O) groups is 3. The molecular formula is C20H19NO4. The second-order valence-electron chi connectivity index (χ2n) is 6.29. The molecule has 0 saturated carbocycles. The molecule has 0 bridgehead atoms. The van der Waals surface area contributed by atoms with E-state index in [1.807, 2.05) is 30.3 Å². The van der Waals surface area contributed by atoms with E-state index in [0.717, 1.165) is 11.1 Å². The number of carboxylic acid groups (broad SMARTS) is 1. The molecule has 2 aromatic carbocycles. The van der Waals surface area contributed by atoms with Crippen LogP contribution in [-0.4, -0.2) is 34.2 Å². The highest BCUT2D eigenvalue weighted by Gasteiger charge is 2.39. The fourth-order valence-electron chi connectivity index (χ4n) is 3.16. The van der Waals surface area contributed by atoms with Gasteiger partial charge in [-0.2, -0.15) is 0 Å². The van der Waals surface area contributed by atoms with Gasteiger partial charge in [-0.15, -0.1) is 0 Å². The number of nitrogens with zero attached hydrogens (tertiary/aromatic N) is 1. The third-order valence-electron chi connectivity index (χ3n) is 4.63. The van der Waals surface area contributed by atoms with E-state index in [1.54, 1.807) is 30.0 Å². The van der Waals surface area contributed by atoms with E-state index in [2.05, 4.69) is 0 Å². The first-order chi connectivity index (χ1) is 12.0. The second-order valence-corrected chi connectivity index (χ2v) is 6.29. The van der Waals surface area contributed by atoms with E-state index in [9.17, 15) is 19.5 Å². The molecule has 1 N–H and O–H groups in total. The molecule has 1 aliphatic rings. The Hall–Kier alpha value is -2.95. The molecule has 2 aromatic rings. The summed E-state index contributed by atoms with van der Waals surface area (Å²) in [6, 6.07) is 15.9. The molecule has 0 aliphatic carbocycles. The first-order valence-corrected chi connectivity index (χ1v) is 8.17. The number of hydrogen-bond donors (Lipinski definition) is 1. The number of rotatable bonds is 5. The summed E-state index contributed by atoms with van der Waals surface area (Å²) in [5.74, 6) is -1.96. The maximum absolute atomic E-state index is 12.5. The Balaban J connectivity index is 2.00. The monoisotopic (exact) mass is 337 g/mol. The van der Waals surface area contributed by atoms with Crippen LogP contribution >= 0.6 is 0 Å². The number of carbonyl (C=O) groups excluding carboxylic acids is 2. The molecule has 1 aliphatic heterocycles. The van der Waals surface area contributed by atoms with Crippen LogP contribution in [0.5, 0.6) is 0 Å². The van der Waals surface area contributed by atoms with Crippen molar-refractivity contribution in [2.75, 3.05) is 6.54 Å². The Kier molecular flexibility index (Phi) is 4.65. The van der Waals surface area contributed by atoms with Gasteiger partial charge in [-0.3, -0.25) is 9.59 Å². The van der Waals surface area contributed by atoms with Gasteiger partial charge in [-0.05, 0) is 36.6 Å². The topological polar surface area (TPSA) is 74.7 Å². The van der Waals surface area contributed by atoms with Gasteiger partial charge < -0.3 is 10.0 Å². The molecule has 1 amide bonds. The van der Waals surface area contributed by atoms with E-state index in [4.69, 9.17) is 0 Å². The van der Waals surface area contributed by atoms with Crippen molar-refractivity contribution in [2.45, 2.75) is 19.4 Å². The lowest BCUT2D eigenvalue weighted by molar-refractivity contribution is -0.133. The van der Waals surface area contributed by atoms with E-state index >= 15 is 0 Å². The highest BCUT2D eigenvalue weighted by Crippen LogP contribution is 2.30. The number of likely N-dealkylation sites (tertiary alicyclic amines) is 1. The van der Waals surface area contributed by atoms with Gasteiger partial charge in [0.15, 0.2) is 5.78 Å². The number of amides is 1. The third-order valence-corrected chi connectivity index (χ3v) is 4.63. The minimum Gasteiger partial charge on any atom is -0.478 e. The molecule has 5 nitrogen and oxygen atoms in total. The van der Waals surface area contributed by atoms with Gasteiger partial charge in [-0.1, -0.05) is 42.5 Å². The van der Waals surface area contributed by atoms with Crippen molar-refractivity contribution in [1.29, 1.82) is 0 Å². The Morgan fingerprint density at radius 2 is 1.88 bits per heavy atom. The smallest absolute Gasteiger partial charge is 0.335 e. The first-order valence-electron chi connectivity index (χ1n) is 8.17. The fraction of sp³-hybridized carbons (Fsp3) is 0.250. The van der Waals surface area contributed by atoms with Crippen molar-refractivity contribution in [3.05, 3.63) is 71.3 Å². The van der Waals surface area contributed by atoms with Gasteiger partial charge in [0, 0.05) is 0 Å². The average Bonchev–Trinajstić information content (AvgIpc) is 2.88. The largest absolute Gasteiger partial charge is 0.478 e. The standard InChI is InChI=1S/C20H19NO4/c1-13-18(22)12-21(19(13)23)17(10-14-6-3-2-4-7-14)15-8-5-9-16(11-15)20(24)25/h2-9,11,13,17H,10,12H2,1H3,(H,24,25). The summed E-state index contributed by atoms with van der Waals surface area (Å²) in [6.45, 7) is 1.69. The lowest BCUT2D eigenvalue weighted by Crippen LogP contribution is -2.33. The van der Waals surface area contributed by atoms with Crippen molar-refractivity contribution < 1.29 is 19.5 Å². The molecule has 2 atom stereocenters. The number of aromatic carboxylic acids is 1. The van der Waals surface area contributed by atoms with Crippen LogP contribution in [0, 0.1) is 5.92 Å². The van der Waals surface area contributed by atoms with Crippen LogP contribution in [0.4, 0.5) is 0 Å². The third kappa shape index (κ3) is 3.45. The van der Waals surface area contributed by atoms with Gasteiger partial charge >= 0.3 is 5.97 Å². The maximum Gasteiger partial charge on any atom is 0.335 e.